The van der Waals surface area contributed by atoms with Gasteiger partial charge in [0.05, 0.1) is 24.3 Å². The van der Waals surface area contributed by atoms with E-state index < -0.39 is 17.8 Å². The molecule has 3 aromatic rings. The lowest BCUT2D eigenvalue weighted by Crippen LogP contribution is -2.16. The van der Waals surface area contributed by atoms with E-state index in [1.54, 1.807) is 0 Å². The van der Waals surface area contributed by atoms with Crippen LogP contribution in [0.5, 0.6) is 0 Å². The maximum Gasteiger partial charge on any atom is 0.433 e. The van der Waals surface area contributed by atoms with E-state index in [-0.39, 0.29) is 23.9 Å². The van der Waals surface area contributed by atoms with Crippen molar-refractivity contribution in [3.63, 3.8) is 0 Å². The van der Waals surface area contributed by atoms with Gasteiger partial charge in [-0.3, -0.25) is 4.79 Å². The number of anilines is 1. The first kappa shape index (κ1) is 17.5. The van der Waals surface area contributed by atoms with Crippen LogP contribution >= 0.6 is 0 Å². The van der Waals surface area contributed by atoms with Crippen LogP contribution in [-0.2, 0) is 17.6 Å². The predicted octanol–water partition coefficient (Wildman–Crippen LogP) is 2.68. The number of fused-ring (bicyclic) bond motifs is 1. The zero-order chi connectivity index (χ0) is 19.2. The van der Waals surface area contributed by atoms with Crippen LogP contribution in [0, 0.1) is 0 Å². The quantitative estimate of drug-likeness (QED) is 0.736. The number of rotatable bonds is 5. The molecule has 0 aliphatic heterocycles. The Morgan fingerprint density at radius 2 is 2.11 bits per heavy atom. The van der Waals surface area contributed by atoms with Gasteiger partial charge < -0.3 is 10.1 Å². The molecule has 142 valence electrons. The van der Waals surface area contributed by atoms with Gasteiger partial charge in [-0.05, 0) is 18.9 Å². The minimum atomic E-state index is -4.61. The highest BCUT2D eigenvalue weighted by Gasteiger charge is 2.38. The van der Waals surface area contributed by atoms with E-state index in [0.717, 1.165) is 25.1 Å². The molecule has 3 aromatic heterocycles. The van der Waals surface area contributed by atoms with Gasteiger partial charge in [-0.2, -0.15) is 23.4 Å². The highest BCUT2D eigenvalue weighted by atomic mass is 19.4. The standard InChI is InChI=1S/C16H15F3N6O2/c1-27-8-24-7-10(5-20-24)22-15(26)11-6-21-25-13(16(17,18)19)4-12(9-2-3-9)23-14(11)25/h4-7,9H,2-3,8H2,1H3,(H,22,26). The smallest absolute Gasteiger partial charge is 0.362 e. The van der Waals surface area contributed by atoms with E-state index in [1.807, 2.05) is 0 Å². The fourth-order valence-electron chi connectivity index (χ4n) is 2.76. The minimum absolute atomic E-state index is 0.00538. The molecule has 1 amide bonds. The van der Waals surface area contributed by atoms with Gasteiger partial charge in [0.15, 0.2) is 5.65 Å². The Bertz CT molecular complexity index is 1010. The van der Waals surface area contributed by atoms with E-state index in [2.05, 4.69) is 20.5 Å². The third-order valence-corrected chi connectivity index (χ3v) is 4.17. The average molecular weight is 380 g/mol. The van der Waals surface area contributed by atoms with Gasteiger partial charge in [0, 0.05) is 18.7 Å². The number of nitrogens with one attached hydrogen (secondary N) is 1. The fourth-order valence-corrected chi connectivity index (χ4v) is 2.76. The summed E-state index contributed by atoms with van der Waals surface area (Å²) in [5.74, 6) is -0.621. The van der Waals surface area contributed by atoms with Crippen LogP contribution in [0.2, 0.25) is 0 Å². The molecule has 1 saturated carbocycles. The number of methoxy groups -OCH3 is 1. The summed E-state index contributed by atoms with van der Waals surface area (Å²) in [6.45, 7) is 0.202. The van der Waals surface area contributed by atoms with Crippen molar-refractivity contribution in [3.05, 3.63) is 41.6 Å². The lowest BCUT2D eigenvalue weighted by atomic mass is 10.2. The van der Waals surface area contributed by atoms with Gasteiger partial charge in [-0.1, -0.05) is 0 Å². The second-order valence-corrected chi connectivity index (χ2v) is 6.27. The van der Waals surface area contributed by atoms with E-state index in [0.29, 0.717) is 15.9 Å². The maximum atomic E-state index is 13.4. The van der Waals surface area contributed by atoms with Crippen molar-refractivity contribution in [1.29, 1.82) is 0 Å². The molecule has 3 heterocycles. The normalized spacial score (nSPS) is 14.7. The van der Waals surface area contributed by atoms with Crippen molar-refractivity contribution < 1.29 is 22.7 Å². The minimum Gasteiger partial charge on any atom is -0.362 e. The zero-order valence-electron chi connectivity index (χ0n) is 14.2. The highest BCUT2D eigenvalue weighted by Crippen LogP contribution is 2.41. The van der Waals surface area contributed by atoms with Gasteiger partial charge in [0.2, 0.25) is 0 Å². The summed E-state index contributed by atoms with van der Waals surface area (Å²) < 4.78 is 47.2. The van der Waals surface area contributed by atoms with Crippen molar-refractivity contribution >= 4 is 17.2 Å². The summed E-state index contributed by atoms with van der Waals surface area (Å²) in [6, 6.07) is 1.01. The number of alkyl halides is 3. The zero-order valence-corrected chi connectivity index (χ0v) is 14.2. The Balaban J connectivity index is 1.70. The van der Waals surface area contributed by atoms with Gasteiger partial charge >= 0.3 is 6.18 Å². The summed E-state index contributed by atoms with van der Waals surface area (Å²) in [4.78, 5) is 16.8. The van der Waals surface area contributed by atoms with Gasteiger partial charge in [-0.15, -0.1) is 0 Å². The largest absolute Gasteiger partial charge is 0.433 e. The lowest BCUT2D eigenvalue weighted by molar-refractivity contribution is -0.142. The molecular formula is C16H15F3N6O2. The van der Waals surface area contributed by atoms with Crippen LogP contribution in [0.1, 0.15) is 40.5 Å². The first-order valence-electron chi connectivity index (χ1n) is 8.15. The number of ether oxygens (including phenoxy) is 1. The molecule has 0 radical (unpaired) electrons. The van der Waals surface area contributed by atoms with Crippen LogP contribution in [0.25, 0.3) is 5.65 Å². The predicted molar refractivity (Wildman–Crippen MR) is 87.2 cm³/mol. The van der Waals surface area contributed by atoms with Crippen LogP contribution in [-0.4, -0.2) is 37.4 Å². The third kappa shape index (κ3) is 3.37. The molecule has 4 rings (SSSR count). The van der Waals surface area contributed by atoms with Crippen LogP contribution in [0.15, 0.2) is 24.7 Å². The highest BCUT2D eigenvalue weighted by molar-refractivity contribution is 6.08. The molecule has 8 nitrogen and oxygen atoms in total. The van der Waals surface area contributed by atoms with Crippen molar-refractivity contribution in [2.24, 2.45) is 0 Å². The molecule has 1 aliphatic carbocycles. The molecule has 0 aromatic carbocycles. The number of carbonyl (C=O) groups is 1. The number of hydrogen-bond donors (Lipinski definition) is 1. The summed E-state index contributed by atoms with van der Waals surface area (Å²) in [5, 5.41) is 10.3. The Labute approximate surface area is 150 Å². The van der Waals surface area contributed by atoms with Crippen molar-refractivity contribution in [1.82, 2.24) is 24.4 Å². The first-order valence-corrected chi connectivity index (χ1v) is 8.15. The molecule has 1 N–H and O–H groups in total. The van der Waals surface area contributed by atoms with Crippen molar-refractivity contribution in [3.8, 4) is 0 Å². The lowest BCUT2D eigenvalue weighted by Gasteiger charge is -2.11. The number of aromatic nitrogens is 5. The van der Waals surface area contributed by atoms with Crippen LogP contribution < -0.4 is 5.32 Å². The summed E-state index contributed by atoms with van der Waals surface area (Å²) in [5.41, 5.74) is -0.388. The Morgan fingerprint density at radius 1 is 1.33 bits per heavy atom. The summed E-state index contributed by atoms with van der Waals surface area (Å²) in [6.07, 6.45) is 1.00. The Kier molecular flexibility index (Phi) is 4.10. The van der Waals surface area contributed by atoms with Crippen LogP contribution in [0.4, 0.5) is 18.9 Å². The van der Waals surface area contributed by atoms with Gasteiger partial charge in [-0.25, -0.2) is 14.2 Å². The SMILES string of the molecule is COCn1cc(NC(=O)c2cnn3c(C(F)(F)F)cc(C4CC4)nc23)cn1. The average Bonchev–Trinajstić information content (AvgIpc) is 3.22. The van der Waals surface area contributed by atoms with Crippen LogP contribution in [0.3, 0.4) is 0 Å². The number of amides is 1. The van der Waals surface area contributed by atoms with Gasteiger partial charge in [0.25, 0.3) is 5.91 Å². The summed E-state index contributed by atoms with van der Waals surface area (Å²) in [7, 11) is 1.50. The molecule has 0 bridgehead atoms. The van der Waals surface area contributed by atoms with E-state index in [9.17, 15) is 18.0 Å². The Hall–Kier alpha value is -2.95. The molecular weight excluding hydrogens is 365 g/mol. The number of carbonyl (C=O) groups excluding carboxylic acids is 1. The molecule has 1 fully saturated rings. The van der Waals surface area contributed by atoms with Crippen molar-refractivity contribution in [2.45, 2.75) is 31.7 Å². The first-order chi connectivity index (χ1) is 12.9. The van der Waals surface area contributed by atoms with E-state index in [1.165, 1.54) is 24.2 Å². The molecule has 0 saturated heterocycles. The number of halogens is 3. The topological polar surface area (TPSA) is 86.3 Å². The number of nitrogens with zero attached hydrogens (tertiary/aromatic N) is 5. The third-order valence-electron chi connectivity index (χ3n) is 4.17. The monoisotopic (exact) mass is 380 g/mol. The molecule has 27 heavy (non-hydrogen) atoms. The van der Waals surface area contributed by atoms with E-state index >= 15 is 0 Å². The molecule has 0 unspecified atom stereocenters. The molecule has 0 atom stereocenters. The summed E-state index contributed by atoms with van der Waals surface area (Å²) >= 11 is 0. The molecule has 11 heteroatoms. The second-order valence-electron chi connectivity index (χ2n) is 6.27. The second kappa shape index (κ2) is 6.34. The molecule has 0 spiro atoms. The van der Waals surface area contributed by atoms with E-state index in [4.69, 9.17) is 4.74 Å². The molecule has 1 aliphatic rings. The van der Waals surface area contributed by atoms with Crippen molar-refractivity contribution in [2.75, 3.05) is 12.4 Å². The van der Waals surface area contributed by atoms with Gasteiger partial charge in [0.1, 0.15) is 18.0 Å². The Morgan fingerprint density at radius 3 is 2.78 bits per heavy atom. The number of hydrogen-bond acceptors (Lipinski definition) is 5. The maximum absolute atomic E-state index is 13.4. The fraction of sp³-hybridized carbons (Fsp3) is 0.375.